The Labute approximate surface area is 155 Å². The minimum Gasteiger partial charge on any atom is -0.444 e. The largest absolute Gasteiger partial charge is 0.522 e. The Kier molecular flexibility index (Phi) is 4.61. The lowest BCUT2D eigenvalue weighted by molar-refractivity contribution is -0.323. The molecule has 1 aromatic rings. The van der Waals surface area contributed by atoms with Gasteiger partial charge in [-0.3, -0.25) is 9.42 Å². The highest BCUT2D eigenvalue weighted by Crippen LogP contribution is 2.65. The summed E-state index contributed by atoms with van der Waals surface area (Å²) >= 11 is 0. The molecule has 3 fully saturated rings. The molecule has 3 saturated carbocycles. The number of carbonyl (C=O) groups excluding carboxylic acids is 1. The predicted molar refractivity (Wildman–Crippen MR) is 91.4 cm³/mol. The third-order valence-corrected chi connectivity index (χ3v) is 4.96. The SMILES string of the molecule is CN(CCOC(F)(F)F)c1cnn(C23CC(NC(=O)OC(C)(C)C)(C2)C3)c1. The zero-order valence-electron chi connectivity index (χ0n) is 15.9. The number of ether oxygens (including phenoxy) is 2. The van der Waals surface area contributed by atoms with Crippen LogP contribution in [0.15, 0.2) is 12.4 Å². The number of rotatable bonds is 6. The fourth-order valence-electron chi connectivity index (χ4n) is 3.83. The number of carbonyl (C=O) groups is 1. The summed E-state index contributed by atoms with van der Waals surface area (Å²) in [6.45, 7) is 5.11. The van der Waals surface area contributed by atoms with Gasteiger partial charge in [-0.2, -0.15) is 5.10 Å². The van der Waals surface area contributed by atoms with Gasteiger partial charge >= 0.3 is 12.5 Å². The van der Waals surface area contributed by atoms with Gasteiger partial charge in [0.25, 0.3) is 0 Å². The number of nitrogens with one attached hydrogen (secondary N) is 1. The van der Waals surface area contributed by atoms with E-state index in [9.17, 15) is 18.0 Å². The number of likely N-dealkylation sites (N-methyl/N-ethyl adjacent to an activating group) is 1. The van der Waals surface area contributed by atoms with Gasteiger partial charge in [-0.1, -0.05) is 0 Å². The molecule has 7 nitrogen and oxygen atoms in total. The van der Waals surface area contributed by atoms with E-state index in [0.717, 1.165) is 24.9 Å². The summed E-state index contributed by atoms with van der Waals surface area (Å²) < 4.78 is 47.1. The topological polar surface area (TPSA) is 68.6 Å². The third kappa shape index (κ3) is 4.31. The van der Waals surface area contributed by atoms with Crippen LogP contribution in [0.2, 0.25) is 0 Å². The van der Waals surface area contributed by atoms with E-state index in [0.29, 0.717) is 0 Å². The molecule has 27 heavy (non-hydrogen) atoms. The van der Waals surface area contributed by atoms with E-state index in [1.165, 1.54) is 0 Å². The first-order valence-corrected chi connectivity index (χ1v) is 8.80. The van der Waals surface area contributed by atoms with Crippen LogP contribution in [0.25, 0.3) is 0 Å². The van der Waals surface area contributed by atoms with Crippen molar-refractivity contribution in [3.8, 4) is 0 Å². The number of alkyl carbamates (subject to hydrolysis) is 1. The van der Waals surface area contributed by atoms with Crippen molar-refractivity contribution in [3.05, 3.63) is 12.4 Å². The van der Waals surface area contributed by atoms with Gasteiger partial charge in [-0.15, -0.1) is 13.2 Å². The smallest absolute Gasteiger partial charge is 0.444 e. The van der Waals surface area contributed by atoms with Crippen LogP contribution < -0.4 is 10.2 Å². The van der Waals surface area contributed by atoms with Crippen LogP contribution in [0.5, 0.6) is 0 Å². The van der Waals surface area contributed by atoms with Gasteiger partial charge in [0.1, 0.15) is 5.60 Å². The predicted octanol–water partition coefficient (Wildman–Crippen LogP) is 3.01. The zero-order chi connectivity index (χ0) is 20.1. The van der Waals surface area contributed by atoms with Gasteiger partial charge in [-0.05, 0) is 40.0 Å². The van der Waals surface area contributed by atoms with Crippen molar-refractivity contribution in [2.24, 2.45) is 0 Å². The van der Waals surface area contributed by atoms with E-state index in [-0.39, 0.29) is 17.6 Å². The lowest BCUT2D eigenvalue weighted by Gasteiger charge is -2.69. The molecule has 1 aromatic heterocycles. The number of hydrogen-bond donors (Lipinski definition) is 1. The van der Waals surface area contributed by atoms with Crippen molar-refractivity contribution in [2.75, 3.05) is 25.1 Å². The van der Waals surface area contributed by atoms with Crippen molar-refractivity contribution >= 4 is 11.8 Å². The maximum atomic E-state index is 12.0. The summed E-state index contributed by atoms with van der Waals surface area (Å²) in [4.78, 5) is 13.6. The van der Waals surface area contributed by atoms with Crippen LogP contribution >= 0.6 is 0 Å². The Bertz CT molecular complexity index is 691. The Morgan fingerprint density at radius 1 is 1.33 bits per heavy atom. The van der Waals surface area contributed by atoms with E-state index in [2.05, 4.69) is 15.2 Å². The minimum atomic E-state index is -4.62. The van der Waals surface area contributed by atoms with Gasteiger partial charge in [0.15, 0.2) is 0 Å². The van der Waals surface area contributed by atoms with Crippen molar-refractivity contribution in [1.29, 1.82) is 0 Å². The Morgan fingerprint density at radius 2 is 1.96 bits per heavy atom. The number of halogens is 3. The molecule has 0 saturated heterocycles. The first-order chi connectivity index (χ1) is 12.3. The quantitative estimate of drug-likeness (QED) is 0.809. The molecule has 3 aliphatic rings. The van der Waals surface area contributed by atoms with Gasteiger partial charge < -0.3 is 15.0 Å². The molecule has 1 amide bonds. The summed E-state index contributed by atoms with van der Waals surface area (Å²) in [5.41, 5.74) is -0.181. The second-order valence-corrected chi connectivity index (χ2v) is 8.52. The van der Waals surface area contributed by atoms with Crippen LogP contribution in [-0.2, 0) is 15.0 Å². The van der Waals surface area contributed by atoms with Crippen LogP contribution in [0.4, 0.5) is 23.7 Å². The zero-order valence-corrected chi connectivity index (χ0v) is 15.9. The Morgan fingerprint density at radius 3 is 2.52 bits per heavy atom. The monoisotopic (exact) mass is 390 g/mol. The summed E-state index contributed by atoms with van der Waals surface area (Å²) in [5.74, 6) is 0. The molecule has 0 unspecified atom stereocenters. The van der Waals surface area contributed by atoms with Gasteiger partial charge in [-0.25, -0.2) is 4.79 Å². The molecule has 1 N–H and O–H groups in total. The molecule has 0 spiro atoms. The van der Waals surface area contributed by atoms with E-state index in [1.807, 2.05) is 31.6 Å². The molecule has 1 heterocycles. The van der Waals surface area contributed by atoms with Crippen LogP contribution in [-0.4, -0.2) is 53.6 Å². The summed E-state index contributed by atoms with van der Waals surface area (Å²) in [5, 5.41) is 7.31. The highest BCUT2D eigenvalue weighted by molar-refractivity contribution is 5.70. The van der Waals surface area contributed by atoms with Gasteiger partial charge in [0.2, 0.25) is 0 Å². The Balaban J connectivity index is 1.49. The average Bonchev–Trinajstić information content (AvgIpc) is 2.87. The summed E-state index contributed by atoms with van der Waals surface area (Å²) in [6, 6.07) is 0. The fraction of sp³-hybridized carbons (Fsp3) is 0.765. The average molecular weight is 390 g/mol. The maximum Gasteiger partial charge on any atom is 0.522 e. The number of anilines is 1. The second kappa shape index (κ2) is 6.29. The fourth-order valence-corrected chi connectivity index (χ4v) is 3.83. The molecular weight excluding hydrogens is 365 g/mol. The van der Waals surface area contributed by atoms with Gasteiger partial charge in [0.05, 0.1) is 29.6 Å². The molecule has 0 radical (unpaired) electrons. The first-order valence-electron chi connectivity index (χ1n) is 8.80. The van der Waals surface area contributed by atoms with Crippen molar-refractivity contribution in [1.82, 2.24) is 15.1 Å². The Hall–Kier alpha value is -1.97. The van der Waals surface area contributed by atoms with Crippen LogP contribution in [0.3, 0.4) is 0 Å². The first kappa shape index (κ1) is 19.8. The van der Waals surface area contributed by atoms with Crippen molar-refractivity contribution < 1.29 is 27.4 Å². The van der Waals surface area contributed by atoms with Crippen molar-refractivity contribution in [2.45, 2.75) is 63.1 Å². The molecule has 0 atom stereocenters. The van der Waals surface area contributed by atoms with Crippen LogP contribution in [0.1, 0.15) is 40.0 Å². The van der Waals surface area contributed by atoms with Crippen molar-refractivity contribution in [3.63, 3.8) is 0 Å². The number of aromatic nitrogens is 2. The normalized spacial score (nSPS) is 26.8. The lowest BCUT2D eigenvalue weighted by atomic mass is 9.44. The number of hydrogen-bond acceptors (Lipinski definition) is 5. The number of alkyl halides is 3. The molecule has 3 aliphatic carbocycles. The standard InChI is InChI=1S/C17H25F3N4O3/c1-14(2,3)27-13(25)22-15-9-16(10-15,11-15)24-8-12(7-21-24)23(4)5-6-26-17(18,19)20/h7-8H,5-6,9-11H2,1-4H3,(H,22,25). The van der Waals surface area contributed by atoms with Gasteiger partial charge in [0, 0.05) is 19.8 Å². The maximum absolute atomic E-state index is 12.0. The lowest BCUT2D eigenvalue weighted by Crippen LogP contribution is -2.79. The van der Waals surface area contributed by atoms with E-state index >= 15 is 0 Å². The van der Waals surface area contributed by atoms with E-state index < -0.39 is 24.7 Å². The molecule has 4 rings (SSSR count). The third-order valence-electron chi connectivity index (χ3n) is 4.96. The van der Waals surface area contributed by atoms with E-state index in [1.54, 1.807) is 18.1 Å². The molecule has 10 heteroatoms. The minimum absolute atomic E-state index is 0.0995. The number of nitrogens with zero attached hydrogens (tertiary/aromatic N) is 3. The molecule has 2 bridgehead atoms. The molecule has 0 aromatic carbocycles. The second-order valence-electron chi connectivity index (χ2n) is 8.52. The number of amides is 1. The molecular formula is C17H25F3N4O3. The molecule has 0 aliphatic heterocycles. The van der Waals surface area contributed by atoms with Crippen LogP contribution in [0, 0.1) is 0 Å². The highest BCUT2D eigenvalue weighted by atomic mass is 19.4. The molecule has 152 valence electrons. The highest BCUT2D eigenvalue weighted by Gasteiger charge is 2.70. The van der Waals surface area contributed by atoms with E-state index in [4.69, 9.17) is 4.74 Å². The summed E-state index contributed by atoms with van der Waals surface area (Å²) in [6.07, 6.45) is 0.712. The summed E-state index contributed by atoms with van der Waals surface area (Å²) in [7, 11) is 1.69.